The highest BCUT2D eigenvalue weighted by atomic mass is 32.2. The van der Waals surface area contributed by atoms with E-state index in [0.717, 1.165) is 18.0 Å². The summed E-state index contributed by atoms with van der Waals surface area (Å²) in [6.45, 7) is 2.94. The maximum atomic E-state index is 12.9. The van der Waals surface area contributed by atoms with Crippen molar-refractivity contribution in [3.63, 3.8) is 0 Å². The van der Waals surface area contributed by atoms with Gasteiger partial charge in [0.15, 0.2) is 0 Å². The van der Waals surface area contributed by atoms with E-state index < -0.39 is 0 Å². The number of benzene rings is 2. The van der Waals surface area contributed by atoms with Crippen LogP contribution in [0.5, 0.6) is 0 Å². The SMILES string of the molecule is Cc1ccccc1SCCNc1cccc(F)c1. The highest BCUT2D eigenvalue weighted by Gasteiger charge is 1.98. The van der Waals surface area contributed by atoms with E-state index in [4.69, 9.17) is 0 Å². The number of hydrogen-bond acceptors (Lipinski definition) is 2. The molecule has 0 spiro atoms. The minimum atomic E-state index is -0.202. The Hall–Kier alpha value is -1.48. The van der Waals surface area contributed by atoms with Gasteiger partial charge in [-0.25, -0.2) is 4.39 Å². The van der Waals surface area contributed by atoms with Crippen LogP contribution >= 0.6 is 11.8 Å². The first-order chi connectivity index (χ1) is 8.75. The van der Waals surface area contributed by atoms with Crippen LogP contribution in [-0.2, 0) is 0 Å². The number of hydrogen-bond donors (Lipinski definition) is 1. The molecule has 1 N–H and O–H groups in total. The summed E-state index contributed by atoms with van der Waals surface area (Å²) in [5.74, 6) is 0.757. The fraction of sp³-hybridized carbons (Fsp3) is 0.200. The first-order valence-electron chi connectivity index (χ1n) is 5.93. The van der Waals surface area contributed by atoms with Gasteiger partial charge in [-0.1, -0.05) is 24.3 Å². The third kappa shape index (κ3) is 3.77. The quantitative estimate of drug-likeness (QED) is 0.635. The number of anilines is 1. The molecule has 0 aliphatic carbocycles. The van der Waals surface area contributed by atoms with Gasteiger partial charge in [0, 0.05) is 22.9 Å². The lowest BCUT2D eigenvalue weighted by Gasteiger charge is -2.07. The van der Waals surface area contributed by atoms with Gasteiger partial charge >= 0.3 is 0 Å². The minimum Gasteiger partial charge on any atom is -0.384 e. The Kier molecular flexibility index (Phi) is 4.65. The van der Waals surface area contributed by atoms with Crippen molar-refractivity contribution in [2.24, 2.45) is 0 Å². The Labute approximate surface area is 111 Å². The smallest absolute Gasteiger partial charge is 0.125 e. The van der Waals surface area contributed by atoms with E-state index in [1.807, 2.05) is 23.9 Å². The lowest BCUT2D eigenvalue weighted by atomic mass is 10.2. The van der Waals surface area contributed by atoms with E-state index in [1.54, 1.807) is 6.07 Å². The lowest BCUT2D eigenvalue weighted by molar-refractivity contribution is 0.628. The Morgan fingerprint density at radius 1 is 1.11 bits per heavy atom. The van der Waals surface area contributed by atoms with Crippen molar-refractivity contribution >= 4 is 17.4 Å². The predicted octanol–water partition coefficient (Wildman–Crippen LogP) is 4.34. The van der Waals surface area contributed by atoms with Crippen LogP contribution in [0.3, 0.4) is 0 Å². The van der Waals surface area contributed by atoms with Crippen LogP contribution < -0.4 is 5.32 Å². The Morgan fingerprint density at radius 3 is 2.72 bits per heavy atom. The first kappa shape index (κ1) is 13.0. The van der Waals surface area contributed by atoms with Crippen LogP contribution in [-0.4, -0.2) is 12.3 Å². The molecule has 0 unspecified atom stereocenters. The molecule has 0 saturated carbocycles. The van der Waals surface area contributed by atoms with Gasteiger partial charge in [0.1, 0.15) is 5.82 Å². The maximum absolute atomic E-state index is 12.9. The molecule has 2 aromatic carbocycles. The van der Waals surface area contributed by atoms with E-state index in [2.05, 4.69) is 30.4 Å². The molecule has 0 heterocycles. The summed E-state index contributed by atoms with van der Waals surface area (Å²) >= 11 is 1.81. The zero-order valence-corrected chi connectivity index (χ0v) is 11.1. The number of nitrogens with one attached hydrogen (secondary N) is 1. The largest absolute Gasteiger partial charge is 0.384 e. The van der Waals surface area contributed by atoms with Crippen molar-refractivity contribution in [1.82, 2.24) is 0 Å². The van der Waals surface area contributed by atoms with Crippen molar-refractivity contribution in [3.8, 4) is 0 Å². The molecule has 0 aliphatic heterocycles. The van der Waals surface area contributed by atoms with Gasteiger partial charge in [-0.3, -0.25) is 0 Å². The summed E-state index contributed by atoms with van der Waals surface area (Å²) in [4.78, 5) is 1.30. The molecule has 0 saturated heterocycles. The van der Waals surface area contributed by atoms with Gasteiger partial charge in [-0.2, -0.15) is 0 Å². The van der Waals surface area contributed by atoms with Crippen molar-refractivity contribution in [2.45, 2.75) is 11.8 Å². The van der Waals surface area contributed by atoms with Crippen LogP contribution in [0.4, 0.5) is 10.1 Å². The Balaban J connectivity index is 1.78. The van der Waals surface area contributed by atoms with Crippen LogP contribution in [0, 0.1) is 12.7 Å². The van der Waals surface area contributed by atoms with Gasteiger partial charge in [0.05, 0.1) is 0 Å². The third-order valence-corrected chi connectivity index (χ3v) is 3.78. The molecule has 0 radical (unpaired) electrons. The fourth-order valence-electron chi connectivity index (χ4n) is 1.67. The number of thioether (sulfide) groups is 1. The lowest BCUT2D eigenvalue weighted by Crippen LogP contribution is -2.04. The highest BCUT2D eigenvalue weighted by Crippen LogP contribution is 2.21. The monoisotopic (exact) mass is 261 g/mol. The second-order valence-electron chi connectivity index (χ2n) is 4.05. The van der Waals surface area contributed by atoms with Crippen molar-refractivity contribution in [2.75, 3.05) is 17.6 Å². The van der Waals surface area contributed by atoms with E-state index in [9.17, 15) is 4.39 Å². The average molecular weight is 261 g/mol. The molecule has 0 bridgehead atoms. The average Bonchev–Trinajstić information content (AvgIpc) is 2.37. The van der Waals surface area contributed by atoms with Crippen LogP contribution in [0.1, 0.15) is 5.56 Å². The molecule has 0 atom stereocenters. The second-order valence-corrected chi connectivity index (χ2v) is 5.19. The van der Waals surface area contributed by atoms with E-state index >= 15 is 0 Å². The number of aryl methyl sites for hydroxylation is 1. The molecule has 0 aliphatic rings. The van der Waals surface area contributed by atoms with Crippen molar-refractivity contribution < 1.29 is 4.39 Å². The minimum absolute atomic E-state index is 0.202. The Bertz CT molecular complexity index is 513. The molecule has 94 valence electrons. The summed E-state index contributed by atoms with van der Waals surface area (Å²) in [5, 5.41) is 3.21. The molecule has 3 heteroatoms. The van der Waals surface area contributed by atoms with Gasteiger partial charge in [-0.15, -0.1) is 11.8 Å². The topological polar surface area (TPSA) is 12.0 Å². The molecule has 2 rings (SSSR count). The molecule has 18 heavy (non-hydrogen) atoms. The molecular formula is C15H16FNS. The molecule has 0 amide bonds. The maximum Gasteiger partial charge on any atom is 0.125 e. The summed E-state index contributed by atoms with van der Waals surface area (Å²) in [5.41, 5.74) is 2.13. The van der Waals surface area contributed by atoms with Gasteiger partial charge in [0.25, 0.3) is 0 Å². The van der Waals surface area contributed by atoms with Crippen LogP contribution in [0.15, 0.2) is 53.4 Å². The fourth-order valence-corrected chi connectivity index (χ4v) is 2.57. The van der Waals surface area contributed by atoms with Crippen molar-refractivity contribution in [3.05, 3.63) is 59.9 Å². The molecule has 1 nitrogen and oxygen atoms in total. The summed E-state index contributed by atoms with van der Waals surface area (Å²) in [6.07, 6.45) is 0. The predicted molar refractivity (Wildman–Crippen MR) is 76.8 cm³/mol. The summed E-state index contributed by atoms with van der Waals surface area (Å²) < 4.78 is 12.9. The molecule has 0 aromatic heterocycles. The Morgan fingerprint density at radius 2 is 1.94 bits per heavy atom. The zero-order chi connectivity index (χ0) is 12.8. The molecular weight excluding hydrogens is 245 g/mol. The van der Waals surface area contributed by atoms with Gasteiger partial charge in [-0.05, 0) is 36.8 Å². The first-order valence-corrected chi connectivity index (χ1v) is 6.92. The van der Waals surface area contributed by atoms with Gasteiger partial charge in [0.2, 0.25) is 0 Å². The van der Waals surface area contributed by atoms with E-state index in [0.29, 0.717) is 0 Å². The third-order valence-electron chi connectivity index (χ3n) is 2.61. The molecule has 0 fully saturated rings. The van der Waals surface area contributed by atoms with Crippen LogP contribution in [0.25, 0.3) is 0 Å². The number of halogens is 1. The molecule has 2 aromatic rings. The normalized spacial score (nSPS) is 10.3. The summed E-state index contributed by atoms with van der Waals surface area (Å²) in [6, 6.07) is 14.9. The van der Waals surface area contributed by atoms with Crippen LogP contribution in [0.2, 0.25) is 0 Å². The van der Waals surface area contributed by atoms with E-state index in [-0.39, 0.29) is 5.82 Å². The van der Waals surface area contributed by atoms with Gasteiger partial charge < -0.3 is 5.32 Å². The highest BCUT2D eigenvalue weighted by molar-refractivity contribution is 7.99. The second kappa shape index (κ2) is 6.45. The zero-order valence-electron chi connectivity index (χ0n) is 10.3. The standard InChI is InChI=1S/C15H16FNS/c1-12-5-2-3-8-15(12)18-10-9-17-14-7-4-6-13(16)11-14/h2-8,11,17H,9-10H2,1H3. The number of rotatable bonds is 5. The van der Waals surface area contributed by atoms with E-state index in [1.165, 1.54) is 22.6 Å². The van der Waals surface area contributed by atoms with Crippen molar-refractivity contribution in [1.29, 1.82) is 0 Å². The summed E-state index contributed by atoms with van der Waals surface area (Å²) in [7, 11) is 0.